The van der Waals surface area contributed by atoms with Crippen molar-refractivity contribution >= 4 is 0 Å². The van der Waals surface area contributed by atoms with Crippen LogP contribution in [0, 0.1) is 11.8 Å². The van der Waals surface area contributed by atoms with Gasteiger partial charge >= 0.3 is 0 Å². The summed E-state index contributed by atoms with van der Waals surface area (Å²) in [6, 6.07) is 8.49. The molecule has 1 aromatic rings. The number of likely N-dealkylation sites (N-methyl/N-ethyl adjacent to an activating group) is 1. The Balaban J connectivity index is 1.82. The molecular weight excluding hydrogens is 262 g/mol. The number of rotatable bonds is 6. The maximum Gasteiger partial charge on any atom is 0.120 e. The van der Waals surface area contributed by atoms with Crippen LogP contribution in [0.15, 0.2) is 24.3 Å². The highest BCUT2D eigenvalue weighted by molar-refractivity contribution is 5.39. The summed E-state index contributed by atoms with van der Waals surface area (Å²) in [6.45, 7) is 4.90. The maximum absolute atomic E-state index is 8.72. The van der Waals surface area contributed by atoms with E-state index in [0.717, 1.165) is 30.4 Å². The first-order chi connectivity index (χ1) is 10.3. The number of hydrogen-bond donors (Lipinski definition) is 1. The molecule has 0 heterocycles. The number of benzene rings is 1. The second-order valence-electron chi connectivity index (χ2n) is 5.40. The van der Waals surface area contributed by atoms with Gasteiger partial charge in [0.15, 0.2) is 0 Å². The van der Waals surface area contributed by atoms with Gasteiger partial charge in [-0.15, -0.1) is 0 Å². The first kappa shape index (κ1) is 15.9. The van der Waals surface area contributed by atoms with Crippen molar-refractivity contribution in [2.45, 2.75) is 38.6 Å². The quantitative estimate of drug-likeness (QED) is 0.817. The topological polar surface area (TPSA) is 32.7 Å². The average molecular weight is 287 g/mol. The molecule has 1 saturated carbocycles. The van der Waals surface area contributed by atoms with Crippen molar-refractivity contribution in [3.8, 4) is 17.6 Å². The molecule has 1 aliphatic carbocycles. The van der Waals surface area contributed by atoms with Crippen LogP contribution in [0.25, 0.3) is 0 Å². The largest absolute Gasteiger partial charge is 0.492 e. The zero-order chi connectivity index (χ0) is 14.9. The Morgan fingerprint density at radius 1 is 1.33 bits per heavy atom. The first-order valence-corrected chi connectivity index (χ1v) is 7.90. The average Bonchev–Trinajstić information content (AvgIpc) is 3.04. The third-order valence-electron chi connectivity index (χ3n) is 4.04. The molecule has 0 unspecified atom stereocenters. The Morgan fingerprint density at radius 2 is 2.14 bits per heavy atom. The number of aliphatic hydroxyl groups is 1. The fourth-order valence-electron chi connectivity index (χ4n) is 2.95. The van der Waals surface area contributed by atoms with Crippen molar-refractivity contribution in [1.29, 1.82) is 0 Å². The molecule has 0 spiro atoms. The third-order valence-corrected chi connectivity index (χ3v) is 4.04. The van der Waals surface area contributed by atoms with Gasteiger partial charge < -0.3 is 9.84 Å². The van der Waals surface area contributed by atoms with Gasteiger partial charge in [-0.1, -0.05) is 37.7 Å². The Labute approximate surface area is 127 Å². The minimum atomic E-state index is -0.113. The van der Waals surface area contributed by atoms with Crippen LogP contribution in [-0.2, 0) is 0 Å². The highest BCUT2D eigenvalue weighted by atomic mass is 16.5. The van der Waals surface area contributed by atoms with Gasteiger partial charge in [0.05, 0.1) is 0 Å². The molecule has 1 aromatic carbocycles. The molecule has 3 nitrogen and oxygen atoms in total. The molecule has 0 radical (unpaired) electrons. The van der Waals surface area contributed by atoms with Gasteiger partial charge in [-0.25, -0.2) is 0 Å². The highest BCUT2D eigenvalue weighted by Crippen LogP contribution is 2.23. The highest BCUT2D eigenvalue weighted by Gasteiger charge is 2.20. The molecule has 1 N–H and O–H groups in total. The summed E-state index contributed by atoms with van der Waals surface area (Å²) in [4.78, 5) is 2.53. The molecule has 0 bridgehead atoms. The van der Waals surface area contributed by atoms with Gasteiger partial charge in [-0.05, 0) is 37.6 Å². The van der Waals surface area contributed by atoms with Gasteiger partial charge in [0.2, 0.25) is 0 Å². The summed E-state index contributed by atoms with van der Waals surface area (Å²) in [7, 11) is 0. The standard InChI is InChI=1S/C18H25NO2/c1-2-19(17-9-3-4-10-17)12-14-21-18-11-5-7-16(15-18)8-6-13-20/h5,7,11,15,17,20H,2-4,9-10,12-14H2,1H3. The Hall–Kier alpha value is -1.50. The monoisotopic (exact) mass is 287 g/mol. The van der Waals surface area contributed by atoms with Crippen molar-refractivity contribution in [3.05, 3.63) is 29.8 Å². The van der Waals surface area contributed by atoms with Gasteiger partial charge in [0.25, 0.3) is 0 Å². The van der Waals surface area contributed by atoms with E-state index in [9.17, 15) is 0 Å². The summed E-state index contributed by atoms with van der Waals surface area (Å²) >= 11 is 0. The summed E-state index contributed by atoms with van der Waals surface area (Å²) in [5.41, 5.74) is 0.879. The van der Waals surface area contributed by atoms with Gasteiger partial charge in [0.1, 0.15) is 19.0 Å². The van der Waals surface area contributed by atoms with E-state index in [4.69, 9.17) is 9.84 Å². The van der Waals surface area contributed by atoms with Crippen LogP contribution in [0.5, 0.6) is 5.75 Å². The van der Waals surface area contributed by atoms with Crippen LogP contribution in [0.4, 0.5) is 0 Å². The smallest absolute Gasteiger partial charge is 0.120 e. The molecular formula is C18H25NO2. The van der Waals surface area contributed by atoms with Crippen LogP contribution in [0.1, 0.15) is 38.2 Å². The second-order valence-corrected chi connectivity index (χ2v) is 5.40. The molecule has 0 saturated heterocycles. The molecule has 0 atom stereocenters. The normalized spacial score (nSPS) is 15.0. The summed E-state index contributed by atoms with van der Waals surface area (Å²) in [5, 5.41) is 8.72. The Kier molecular flexibility index (Phi) is 6.59. The predicted octanol–water partition coefficient (Wildman–Crippen LogP) is 2.67. The SMILES string of the molecule is CCN(CCOc1cccc(C#CCO)c1)C1CCCC1. The number of nitrogens with zero attached hydrogens (tertiary/aromatic N) is 1. The molecule has 1 aliphatic rings. The minimum Gasteiger partial charge on any atom is -0.492 e. The first-order valence-electron chi connectivity index (χ1n) is 7.90. The minimum absolute atomic E-state index is 0.113. The molecule has 0 amide bonds. The summed E-state index contributed by atoms with van der Waals surface area (Å²) in [6.07, 6.45) is 5.40. The molecule has 21 heavy (non-hydrogen) atoms. The van der Waals surface area contributed by atoms with Crippen LogP contribution < -0.4 is 4.74 Å². The van der Waals surface area contributed by atoms with Gasteiger partial charge in [0, 0.05) is 18.2 Å². The Bertz CT molecular complexity index is 483. The summed E-state index contributed by atoms with van der Waals surface area (Å²) < 4.78 is 5.85. The zero-order valence-electron chi connectivity index (χ0n) is 12.8. The van der Waals surface area contributed by atoms with Crippen molar-refractivity contribution in [1.82, 2.24) is 4.90 Å². The molecule has 3 heteroatoms. The number of ether oxygens (including phenoxy) is 1. The van der Waals surface area contributed by atoms with Gasteiger partial charge in [-0.2, -0.15) is 0 Å². The molecule has 0 aliphatic heterocycles. The lowest BCUT2D eigenvalue weighted by Crippen LogP contribution is -2.36. The molecule has 2 rings (SSSR count). The molecule has 114 valence electrons. The third kappa shape index (κ3) is 5.08. The maximum atomic E-state index is 8.72. The lowest BCUT2D eigenvalue weighted by molar-refractivity contribution is 0.168. The van der Waals surface area contributed by atoms with E-state index in [1.807, 2.05) is 24.3 Å². The van der Waals surface area contributed by atoms with Crippen LogP contribution in [0.2, 0.25) is 0 Å². The van der Waals surface area contributed by atoms with Crippen LogP contribution >= 0.6 is 0 Å². The van der Waals surface area contributed by atoms with E-state index in [2.05, 4.69) is 23.7 Å². The van der Waals surface area contributed by atoms with E-state index >= 15 is 0 Å². The van der Waals surface area contributed by atoms with E-state index in [1.165, 1.54) is 25.7 Å². The van der Waals surface area contributed by atoms with Crippen molar-refractivity contribution < 1.29 is 9.84 Å². The Morgan fingerprint density at radius 3 is 2.86 bits per heavy atom. The fourth-order valence-corrected chi connectivity index (χ4v) is 2.95. The summed E-state index contributed by atoms with van der Waals surface area (Å²) in [5.74, 6) is 6.40. The molecule has 1 fully saturated rings. The van der Waals surface area contributed by atoms with Crippen molar-refractivity contribution in [2.75, 3.05) is 26.3 Å². The molecule has 0 aromatic heterocycles. The van der Waals surface area contributed by atoms with Crippen molar-refractivity contribution in [3.63, 3.8) is 0 Å². The predicted molar refractivity (Wildman–Crippen MR) is 85.4 cm³/mol. The second kappa shape index (κ2) is 8.71. The lowest BCUT2D eigenvalue weighted by Gasteiger charge is -2.27. The van der Waals surface area contributed by atoms with E-state index in [0.29, 0.717) is 6.61 Å². The van der Waals surface area contributed by atoms with Gasteiger partial charge in [-0.3, -0.25) is 4.90 Å². The van der Waals surface area contributed by atoms with E-state index in [-0.39, 0.29) is 6.61 Å². The lowest BCUT2D eigenvalue weighted by atomic mass is 10.2. The zero-order valence-corrected chi connectivity index (χ0v) is 12.8. The van der Waals surface area contributed by atoms with Crippen LogP contribution in [-0.4, -0.2) is 42.4 Å². The number of hydrogen-bond acceptors (Lipinski definition) is 3. The van der Waals surface area contributed by atoms with E-state index < -0.39 is 0 Å². The van der Waals surface area contributed by atoms with E-state index in [1.54, 1.807) is 0 Å². The number of aliphatic hydroxyl groups excluding tert-OH is 1. The van der Waals surface area contributed by atoms with Crippen molar-refractivity contribution in [2.24, 2.45) is 0 Å². The fraction of sp³-hybridized carbons (Fsp3) is 0.556. The van der Waals surface area contributed by atoms with Crippen LogP contribution in [0.3, 0.4) is 0 Å².